The predicted molar refractivity (Wildman–Crippen MR) is 94.7 cm³/mol. The molecule has 1 amide bonds. The predicted octanol–water partition coefficient (Wildman–Crippen LogP) is 1.07. The monoisotopic (exact) mass is 364 g/mol. The number of hydrogen-bond acceptors (Lipinski definition) is 6. The number of esters is 2. The van der Waals surface area contributed by atoms with Gasteiger partial charge in [0.25, 0.3) is 0 Å². The lowest BCUT2D eigenvalue weighted by Gasteiger charge is -2.24. The molecule has 0 saturated heterocycles. The molecular formula is C18H28N4O4. The normalized spacial score (nSPS) is 17.5. The number of nitrogens with two attached hydrogens (primary N) is 1. The van der Waals surface area contributed by atoms with Crippen LogP contribution in [-0.4, -0.2) is 39.9 Å². The van der Waals surface area contributed by atoms with Crippen LogP contribution in [0.4, 0.5) is 0 Å². The molecule has 0 aromatic carbocycles. The fraction of sp³-hybridized carbons (Fsp3) is 0.667. The number of imidazole rings is 1. The van der Waals surface area contributed by atoms with Crippen LogP contribution >= 0.6 is 0 Å². The quantitative estimate of drug-likeness (QED) is 0.490. The average molecular weight is 364 g/mol. The van der Waals surface area contributed by atoms with Crippen LogP contribution in [0.5, 0.6) is 0 Å². The topological polar surface area (TPSA) is 127 Å². The largest absolute Gasteiger partial charge is 0.391 e. The highest BCUT2D eigenvalue weighted by Crippen LogP contribution is 2.25. The first-order valence-corrected chi connectivity index (χ1v) is 9.17. The van der Waals surface area contributed by atoms with Crippen molar-refractivity contribution in [2.75, 3.05) is 0 Å². The van der Waals surface area contributed by atoms with E-state index in [-0.39, 0.29) is 18.3 Å². The fourth-order valence-electron chi connectivity index (χ4n) is 3.07. The van der Waals surface area contributed by atoms with E-state index in [1.807, 2.05) is 0 Å². The lowest BCUT2D eigenvalue weighted by atomic mass is 9.89. The summed E-state index contributed by atoms with van der Waals surface area (Å²) >= 11 is 0. The van der Waals surface area contributed by atoms with E-state index in [1.165, 1.54) is 6.33 Å². The van der Waals surface area contributed by atoms with E-state index >= 15 is 0 Å². The third-order valence-corrected chi connectivity index (χ3v) is 4.69. The molecule has 1 aliphatic carbocycles. The Morgan fingerprint density at radius 2 is 2.00 bits per heavy atom. The van der Waals surface area contributed by atoms with Crippen molar-refractivity contribution >= 4 is 17.8 Å². The van der Waals surface area contributed by atoms with Crippen LogP contribution in [0, 0.1) is 11.8 Å². The zero-order valence-corrected chi connectivity index (χ0v) is 15.4. The number of H-pyrrole nitrogens is 1. The summed E-state index contributed by atoms with van der Waals surface area (Å²) in [6.07, 6.45) is 7.92. The Kier molecular flexibility index (Phi) is 7.32. The van der Waals surface area contributed by atoms with E-state index < -0.39 is 29.9 Å². The second-order valence-electron chi connectivity index (χ2n) is 7.19. The number of carbonyl (C=O) groups excluding carboxylic acids is 3. The zero-order chi connectivity index (χ0) is 19.1. The summed E-state index contributed by atoms with van der Waals surface area (Å²) in [6.45, 7) is 3.55. The van der Waals surface area contributed by atoms with Gasteiger partial charge < -0.3 is 20.8 Å². The molecule has 26 heavy (non-hydrogen) atoms. The summed E-state index contributed by atoms with van der Waals surface area (Å²) in [4.78, 5) is 43.6. The molecule has 0 bridgehead atoms. The van der Waals surface area contributed by atoms with Gasteiger partial charge in [0.05, 0.1) is 18.3 Å². The maximum Gasteiger partial charge on any atom is 0.336 e. The van der Waals surface area contributed by atoms with E-state index in [4.69, 9.17) is 10.5 Å². The van der Waals surface area contributed by atoms with Crippen molar-refractivity contribution in [2.45, 2.75) is 64.5 Å². The van der Waals surface area contributed by atoms with E-state index in [0.29, 0.717) is 0 Å². The minimum atomic E-state index is -0.914. The summed E-state index contributed by atoms with van der Waals surface area (Å²) < 4.78 is 5.05. The highest BCUT2D eigenvalue weighted by Gasteiger charge is 2.32. The summed E-state index contributed by atoms with van der Waals surface area (Å²) in [7, 11) is 0. The van der Waals surface area contributed by atoms with Crippen molar-refractivity contribution in [3.05, 3.63) is 18.2 Å². The second kappa shape index (κ2) is 9.47. The van der Waals surface area contributed by atoms with Crippen LogP contribution in [-0.2, 0) is 25.5 Å². The number of nitrogens with one attached hydrogen (secondary N) is 2. The minimum Gasteiger partial charge on any atom is -0.391 e. The SMILES string of the molecule is CC(C)[C@H](NC(=O)[C@@H](N)Cc1cnc[nH]1)C(=O)OC(=O)C1CCCCC1. The zero-order valence-electron chi connectivity index (χ0n) is 15.4. The van der Waals surface area contributed by atoms with Crippen LogP contribution in [0.3, 0.4) is 0 Å². The van der Waals surface area contributed by atoms with Crippen molar-refractivity contribution in [1.82, 2.24) is 15.3 Å². The highest BCUT2D eigenvalue weighted by molar-refractivity contribution is 5.93. The summed E-state index contributed by atoms with van der Waals surface area (Å²) in [5.74, 6) is -2.14. The molecule has 1 heterocycles. The number of ether oxygens (including phenoxy) is 1. The lowest BCUT2D eigenvalue weighted by Crippen LogP contribution is -2.52. The molecule has 4 N–H and O–H groups in total. The van der Waals surface area contributed by atoms with Crippen molar-refractivity contribution in [2.24, 2.45) is 17.6 Å². The van der Waals surface area contributed by atoms with Gasteiger partial charge in [0.15, 0.2) is 0 Å². The maximum absolute atomic E-state index is 12.4. The molecule has 1 aromatic heterocycles. The molecule has 0 unspecified atom stereocenters. The summed E-state index contributed by atoms with van der Waals surface area (Å²) in [5, 5.41) is 2.61. The van der Waals surface area contributed by atoms with E-state index in [9.17, 15) is 14.4 Å². The van der Waals surface area contributed by atoms with Crippen LogP contribution < -0.4 is 11.1 Å². The molecule has 1 aromatic rings. The molecule has 1 saturated carbocycles. The van der Waals surface area contributed by atoms with Crippen LogP contribution in [0.25, 0.3) is 0 Å². The van der Waals surface area contributed by atoms with E-state index in [2.05, 4.69) is 15.3 Å². The van der Waals surface area contributed by atoms with Crippen LogP contribution in [0.15, 0.2) is 12.5 Å². The second-order valence-corrected chi connectivity index (χ2v) is 7.19. The first-order chi connectivity index (χ1) is 12.4. The summed E-state index contributed by atoms with van der Waals surface area (Å²) in [5.41, 5.74) is 6.62. The van der Waals surface area contributed by atoms with Gasteiger partial charge in [-0.25, -0.2) is 9.78 Å². The molecule has 2 atom stereocenters. The first kappa shape index (κ1) is 20.1. The van der Waals surface area contributed by atoms with Gasteiger partial charge in [-0.15, -0.1) is 0 Å². The molecule has 144 valence electrons. The summed E-state index contributed by atoms with van der Waals surface area (Å²) in [6, 6.07) is -1.75. The Balaban J connectivity index is 1.90. The standard InChI is InChI=1S/C18H28N4O4/c1-11(2)15(18(25)26-17(24)12-6-4-3-5-7-12)22-16(23)14(19)8-13-9-20-10-21-13/h9-12,14-15H,3-8,19H2,1-2H3,(H,20,21)(H,22,23)/t14-,15-/m0/s1. The van der Waals surface area contributed by atoms with E-state index in [0.717, 1.165) is 37.8 Å². The number of rotatable bonds is 7. The molecule has 0 aliphatic heterocycles. The lowest BCUT2D eigenvalue weighted by molar-refractivity contribution is -0.166. The Hall–Kier alpha value is -2.22. The Morgan fingerprint density at radius 1 is 1.31 bits per heavy atom. The Morgan fingerprint density at radius 3 is 2.58 bits per heavy atom. The van der Waals surface area contributed by atoms with Gasteiger partial charge in [0.1, 0.15) is 6.04 Å². The van der Waals surface area contributed by atoms with Gasteiger partial charge in [-0.1, -0.05) is 33.1 Å². The number of carbonyl (C=O) groups is 3. The molecule has 0 radical (unpaired) electrons. The number of amides is 1. The van der Waals surface area contributed by atoms with Gasteiger partial charge in [-0.05, 0) is 18.8 Å². The molecule has 8 heteroatoms. The van der Waals surface area contributed by atoms with Crippen molar-refractivity contribution in [1.29, 1.82) is 0 Å². The number of nitrogens with zero attached hydrogens (tertiary/aromatic N) is 1. The van der Waals surface area contributed by atoms with Gasteiger partial charge in [0.2, 0.25) is 5.91 Å². The van der Waals surface area contributed by atoms with Gasteiger partial charge >= 0.3 is 11.9 Å². The Labute approximate surface area is 153 Å². The minimum absolute atomic E-state index is 0.223. The number of hydrogen-bond donors (Lipinski definition) is 3. The van der Waals surface area contributed by atoms with Crippen LogP contribution in [0.1, 0.15) is 51.6 Å². The van der Waals surface area contributed by atoms with Gasteiger partial charge in [-0.2, -0.15) is 0 Å². The highest BCUT2D eigenvalue weighted by atomic mass is 16.6. The average Bonchev–Trinajstić information content (AvgIpc) is 3.12. The molecule has 8 nitrogen and oxygen atoms in total. The Bertz CT molecular complexity index is 609. The maximum atomic E-state index is 12.4. The number of aromatic nitrogens is 2. The smallest absolute Gasteiger partial charge is 0.336 e. The molecular weight excluding hydrogens is 336 g/mol. The van der Waals surface area contributed by atoms with Gasteiger partial charge in [0, 0.05) is 18.3 Å². The molecule has 2 rings (SSSR count). The van der Waals surface area contributed by atoms with Crippen LogP contribution in [0.2, 0.25) is 0 Å². The van der Waals surface area contributed by atoms with Crippen molar-refractivity contribution < 1.29 is 19.1 Å². The molecule has 1 fully saturated rings. The van der Waals surface area contributed by atoms with Crippen molar-refractivity contribution in [3.63, 3.8) is 0 Å². The fourth-order valence-corrected chi connectivity index (χ4v) is 3.07. The third-order valence-electron chi connectivity index (χ3n) is 4.69. The number of aromatic amines is 1. The molecule has 0 spiro atoms. The van der Waals surface area contributed by atoms with Crippen molar-refractivity contribution in [3.8, 4) is 0 Å². The van der Waals surface area contributed by atoms with Gasteiger partial charge in [-0.3, -0.25) is 9.59 Å². The van der Waals surface area contributed by atoms with E-state index in [1.54, 1.807) is 20.0 Å². The third kappa shape index (κ3) is 5.66. The molecule has 1 aliphatic rings. The first-order valence-electron chi connectivity index (χ1n) is 9.17.